The van der Waals surface area contributed by atoms with Crippen molar-refractivity contribution >= 4 is 20.9 Å². The van der Waals surface area contributed by atoms with Crippen LogP contribution in [0.4, 0.5) is 13.2 Å². The molecule has 174 valence electrons. The summed E-state index contributed by atoms with van der Waals surface area (Å²) in [4.78, 5) is 21.6. The first-order valence-electron chi connectivity index (χ1n) is 10.3. The van der Waals surface area contributed by atoms with E-state index in [0.29, 0.717) is 16.9 Å². The van der Waals surface area contributed by atoms with Crippen LogP contribution in [0, 0.1) is 5.92 Å². The van der Waals surface area contributed by atoms with Gasteiger partial charge in [-0.15, -0.1) is 0 Å². The number of pyridine rings is 1. The lowest BCUT2D eigenvalue weighted by Gasteiger charge is -2.27. The van der Waals surface area contributed by atoms with E-state index in [1.54, 1.807) is 4.57 Å². The molecule has 8 nitrogen and oxygen atoms in total. The second-order valence-corrected chi connectivity index (χ2v) is 10.5. The van der Waals surface area contributed by atoms with Gasteiger partial charge in [-0.25, -0.2) is 18.4 Å². The zero-order valence-corrected chi connectivity index (χ0v) is 19.2. The van der Waals surface area contributed by atoms with Crippen LogP contribution in [0.5, 0.6) is 0 Å². The maximum Gasteiger partial charge on any atom is 0.431 e. The smallest absolute Gasteiger partial charge is 0.321 e. The molecule has 0 radical (unpaired) electrons. The van der Waals surface area contributed by atoms with Gasteiger partial charge in [0.15, 0.2) is 20.7 Å². The molecular formula is C20H24F3N5O3S. The molecule has 1 aliphatic heterocycles. The summed E-state index contributed by atoms with van der Waals surface area (Å²) in [5.41, 5.74) is -2.15. The molecular weight excluding hydrogens is 447 g/mol. The van der Waals surface area contributed by atoms with E-state index in [1.807, 2.05) is 6.92 Å². The van der Waals surface area contributed by atoms with Gasteiger partial charge in [0.2, 0.25) is 0 Å². The fourth-order valence-electron chi connectivity index (χ4n) is 4.30. The second kappa shape index (κ2) is 7.19. The third-order valence-corrected chi connectivity index (χ3v) is 8.22. The van der Waals surface area contributed by atoms with Gasteiger partial charge in [0, 0.05) is 26.6 Å². The minimum atomic E-state index is -4.74. The summed E-state index contributed by atoms with van der Waals surface area (Å²) in [6, 6.07) is 0.801. The zero-order valence-electron chi connectivity index (χ0n) is 18.4. The summed E-state index contributed by atoms with van der Waals surface area (Å²) in [5, 5.41) is 0.0000231. The lowest BCUT2D eigenvalue weighted by molar-refractivity contribution is -0.143. The molecule has 3 aromatic rings. The molecule has 0 fully saturated rings. The molecule has 0 N–H and O–H groups in total. The molecule has 12 heteroatoms. The molecule has 0 saturated carbocycles. The molecule has 0 aliphatic carbocycles. The van der Waals surface area contributed by atoms with Crippen molar-refractivity contribution in [3.63, 3.8) is 0 Å². The van der Waals surface area contributed by atoms with E-state index in [-0.39, 0.29) is 45.2 Å². The van der Waals surface area contributed by atoms with E-state index >= 15 is 0 Å². The minimum Gasteiger partial charge on any atom is -0.321 e. The van der Waals surface area contributed by atoms with Gasteiger partial charge in [-0.1, -0.05) is 20.8 Å². The van der Waals surface area contributed by atoms with Crippen molar-refractivity contribution in [2.75, 3.05) is 5.75 Å². The van der Waals surface area contributed by atoms with Crippen molar-refractivity contribution in [3.8, 4) is 11.5 Å². The first-order valence-corrected chi connectivity index (χ1v) is 11.9. The Balaban J connectivity index is 2.08. The second-order valence-electron chi connectivity index (χ2n) is 8.35. The minimum absolute atomic E-state index is 0.0000231. The summed E-state index contributed by atoms with van der Waals surface area (Å²) < 4.78 is 69.8. The number of alkyl halides is 3. The molecule has 0 spiro atoms. The highest BCUT2D eigenvalue weighted by Gasteiger charge is 2.37. The Morgan fingerprint density at radius 2 is 1.81 bits per heavy atom. The molecule has 0 bridgehead atoms. The number of rotatable bonds is 3. The summed E-state index contributed by atoms with van der Waals surface area (Å²) >= 11 is 0. The van der Waals surface area contributed by atoms with Crippen molar-refractivity contribution in [3.05, 3.63) is 27.9 Å². The van der Waals surface area contributed by atoms with Gasteiger partial charge in [0.25, 0.3) is 5.56 Å². The molecule has 2 unspecified atom stereocenters. The highest BCUT2D eigenvalue weighted by Crippen LogP contribution is 2.39. The Morgan fingerprint density at radius 1 is 1.16 bits per heavy atom. The van der Waals surface area contributed by atoms with Crippen LogP contribution < -0.4 is 5.56 Å². The molecule has 1 aliphatic rings. The number of aromatic nitrogens is 5. The number of hydrogen-bond acceptors (Lipinski definition) is 5. The molecule has 0 saturated heterocycles. The largest absolute Gasteiger partial charge is 0.431 e. The van der Waals surface area contributed by atoms with Gasteiger partial charge in [-0.3, -0.25) is 4.79 Å². The van der Waals surface area contributed by atoms with Crippen molar-refractivity contribution in [2.24, 2.45) is 20.0 Å². The highest BCUT2D eigenvalue weighted by atomic mass is 32.2. The standard InChI is InChI=1S/C20H24F3N5O3S/c1-6-32(30,31)19-14(25-16-11(3)10(2)7-8-28(16)19)17-24-12-9-13(20(21,22)23)26(4)18(29)15(12)27(17)5/h9-11H,6-8H2,1-5H3. The van der Waals surface area contributed by atoms with Crippen LogP contribution in [0.2, 0.25) is 0 Å². The molecule has 3 aromatic heterocycles. The quantitative estimate of drug-likeness (QED) is 0.586. The lowest BCUT2D eigenvalue weighted by atomic mass is 9.89. The van der Waals surface area contributed by atoms with Crippen LogP contribution >= 0.6 is 0 Å². The number of sulfone groups is 1. The van der Waals surface area contributed by atoms with E-state index in [9.17, 15) is 26.4 Å². The normalized spacial score (nSPS) is 19.5. The van der Waals surface area contributed by atoms with Crippen LogP contribution in [0.25, 0.3) is 22.6 Å². The SMILES string of the molecule is CCS(=O)(=O)c1c(-c2nc3cc(C(F)(F)F)n(C)c(=O)c3n2C)nc2n1CCC(C)C2C. The maximum absolute atomic E-state index is 13.4. The van der Waals surface area contributed by atoms with Crippen molar-refractivity contribution in [1.29, 1.82) is 0 Å². The van der Waals surface area contributed by atoms with E-state index in [4.69, 9.17) is 0 Å². The molecule has 4 rings (SSSR count). The fourth-order valence-corrected chi connectivity index (χ4v) is 5.53. The van der Waals surface area contributed by atoms with E-state index in [1.165, 1.54) is 18.5 Å². The van der Waals surface area contributed by atoms with Crippen molar-refractivity contribution in [1.82, 2.24) is 23.7 Å². The topological polar surface area (TPSA) is 91.8 Å². The average Bonchev–Trinajstić information content (AvgIpc) is 3.25. The summed E-state index contributed by atoms with van der Waals surface area (Å²) in [5.74, 6) is 0.755. The van der Waals surface area contributed by atoms with Crippen LogP contribution in [0.1, 0.15) is 44.6 Å². The van der Waals surface area contributed by atoms with Crippen LogP contribution in [-0.4, -0.2) is 37.8 Å². The van der Waals surface area contributed by atoms with Gasteiger partial charge in [-0.2, -0.15) is 13.2 Å². The van der Waals surface area contributed by atoms with E-state index < -0.39 is 27.3 Å². The number of imidazole rings is 2. The van der Waals surface area contributed by atoms with Crippen molar-refractivity contribution < 1.29 is 21.6 Å². The van der Waals surface area contributed by atoms with E-state index in [2.05, 4.69) is 16.9 Å². The Hall–Kier alpha value is -2.63. The van der Waals surface area contributed by atoms with Gasteiger partial charge in [-0.05, 0) is 18.4 Å². The average molecular weight is 472 g/mol. The predicted octanol–water partition coefficient (Wildman–Crippen LogP) is 3.09. The molecule has 0 amide bonds. The van der Waals surface area contributed by atoms with Gasteiger partial charge in [0.1, 0.15) is 22.7 Å². The lowest BCUT2D eigenvalue weighted by Crippen LogP contribution is -2.26. The predicted molar refractivity (Wildman–Crippen MR) is 112 cm³/mol. The Morgan fingerprint density at radius 3 is 2.41 bits per heavy atom. The monoisotopic (exact) mass is 471 g/mol. The van der Waals surface area contributed by atoms with Crippen LogP contribution in [0.3, 0.4) is 0 Å². The first-order chi connectivity index (χ1) is 14.8. The zero-order chi connectivity index (χ0) is 23.7. The number of fused-ring (bicyclic) bond motifs is 2. The fraction of sp³-hybridized carbons (Fsp3) is 0.550. The summed E-state index contributed by atoms with van der Waals surface area (Å²) in [7, 11) is -1.21. The Labute approximate surface area is 182 Å². The molecule has 32 heavy (non-hydrogen) atoms. The maximum atomic E-state index is 13.4. The number of hydrogen-bond donors (Lipinski definition) is 0. The third kappa shape index (κ3) is 3.18. The Kier molecular flexibility index (Phi) is 5.07. The Bertz CT molecular complexity index is 1400. The van der Waals surface area contributed by atoms with Crippen LogP contribution in [0.15, 0.2) is 15.9 Å². The van der Waals surface area contributed by atoms with Crippen LogP contribution in [-0.2, 0) is 36.7 Å². The number of halogens is 3. The summed E-state index contributed by atoms with van der Waals surface area (Å²) in [6.45, 7) is 6.02. The van der Waals surface area contributed by atoms with E-state index in [0.717, 1.165) is 19.5 Å². The van der Waals surface area contributed by atoms with Gasteiger partial charge >= 0.3 is 6.18 Å². The molecule has 2 atom stereocenters. The van der Waals surface area contributed by atoms with Gasteiger partial charge < -0.3 is 13.7 Å². The molecule has 0 aromatic carbocycles. The number of aryl methyl sites for hydroxylation is 1. The van der Waals surface area contributed by atoms with Gasteiger partial charge in [0.05, 0.1) is 11.3 Å². The number of nitrogens with zero attached hydrogens (tertiary/aromatic N) is 5. The third-order valence-electron chi connectivity index (χ3n) is 6.46. The summed E-state index contributed by atoms with van der Waals surface area (Å²) in [6.07, 6.45) is -3.97. The molecule has 4 heterocycles. The first kappa shape index (κ1) is 22.6. The van der Waals surface area contributed by atoms with Crippen molar-refractivity contribution in [2.45, 2.75) is 50.9 Å². The highest BCUT2D eigenvalue weighted by molar-refractivity contribution is 7.91.